The summed E-state index contributed by atoms with van der Waals surface area (Å²) < 4.78 is 5.22. The molecule has 0 bridgehead atoms. The highest BCUT2D eigenvalue weighted by Gasteiger charge is 2.18. The maximum absolute atomic E-state index is 12.4. The number of nitrogens with zero attached hydrogens (tertiary/aromatic N) is 1. The number of anilines is 1. The molecule has 0 radical (unpaired) electrons. The van der Waals surface area contributed by atoms with E-state index in [1.165, 1.54) is 0 Å². The Hall–Kier alpha value is -2.86. The third kappa shape index (κ3) is 5.06. The largest absolute Gasteiger partial charge is 0.497 e. The standard InChI is InChI=1S/C19H23N3O3/c1-13(22(2)12-14-5-4-6-17(11-14)25-3)19(24)21-16-9-7-15(8-10-16)18(20)23/h4-11,13H,12H2,1-3H3,(H2,20,23)(H,21,24)/t13-/m1/s1. The van der Waals surface area contributed by atoms with Crippen molar-refractivity contribution >= 4 is 17.5 Å². The van der Waals surface area contributed by atoms with Crippen LogP contribution in [0.4, 0.5) is 5.69 Å². The Kier molecular flexibility index (Phi) is 6.14. The van der Waals surface area contributed by atoms with Gasteiger partial charge in [-0.05, 0) is 55.9 Å². The van der Waals surface area contributed by atoms with Crippen LogP contribution in [0.25, 0.3) is 0 Å². The number of carbonyl (C=O) groups is 2. The van der Waals surface area contributed by atoms with Crippen LogP contribution in [0.2, 0.25) is 0 Å². The Morgan fingerprint density at radius 2 is 1.88 bits per heavy atom. The van der Waals surface area contributed by atoms with E-state index in [4.69, 9.17) is 10.5 Å². The van der Waals surface area contributed by atoms with Crippen LogP contribution in [-0.2, 0) is 11.3 Å². The molecule has 0 aliphatic carbocycles. The number of hydrogen-bond acceptors (Lipinski definition) is 4. The number of amides is 2. The summed E-state index contributed by atoms with van der Waals surface area (Å²) in [6.45, 7) is 2.46. The number of nitrogens with one attached hydrogen (secondary N) is 1. The molecular weight excluding hydrogens is 318 g/mol. The van der Waals surface area contributed by atoms with Gasteiger partial charge in [0.15, 0.2) is 0 Å². The molecule has 0 spiro atoms. The summed E-state index contributed by atoms with van der Waals surface area (Å²) in [6.07, 6.45) is 0. The summed E-state index contributed by atoms with van der Waals surface area (Å²) in [7, 11) is 3.52. The van der Waals surface area contributed by atoms with E-state index in [1.54, 1.807) is 31.4 Å². The molecule has 2 amide bonds. The minimum Gasteiger partial charge on any atom is -0.497 e. The van der Waals surface area contributed by atoms with E-state index in [-0.39, 0.29) is 11.9 Å². The molecule has 0 unspecified atom stereocenters. The fourth-order valence-electron chi connectivity index (χ4n) is 2.36. The van der Waals surface area contributed by atoms with Gasteiger partial charge in [-0.2, -0.15) is 0 Å². The predicted molar refractivity (Wildman–Crippen MR) is 97.5 cm³/mol. The van der Waals surface area contributed by atoms with Gasteiger partial charge in [0.1, 0.15) is 5.75 Å². The number of rotatable bonds is 7. The number of methoxy groups -OCH3 is 1. The lowest BCUT2D eigenvalue weighted by molar-refractivity contribution is -0.120. The van der Waals surface area contributed by atoms with Crippen molar-refractivity contribution < 1.29 is 14.3 Å². The molecule has 6 heteroatoms. The van der Waals surface area contributed by atoms with Crippen molar-refractivity contribution in [3.8, 4) is 5.75 Å². The SMILES string of the molecule is COc1cccc(CN(C)[C@H](C)C(=O)Nc2ccc(C(N)=O)cc2)c1. The molecule has 0 aliphatic rings. The van der Waals surface area contributed by atoms with Crippen LogP contribution in [0.3, 0.4) is 0 Å². The first-order valence-corrected chi connectivity index (χ1v) is 7.94. The molecule has 2 aromatic rings. The van der Waals surface area contributed by atoms with Gasteiger partial charge in [0.2, 0.25) is 11.8 Å². The van der Waals surface area contributed by atoms with Crippen LogP contribution in [0.5, 0.6) is 5.75 Å². The molecule has 3 N–H and O–H groups in total. The summed E-state index contributed by atoms with van der Waals surface area (Å²) in [5.41, 5.74) is 7.29. The van der Waals surface area contributed by atoms with Crippen LogP contribution in [-0.4, -0.2) is 36.9 Å². The van der Waals surface area contributed by atoms with Crippen molar-refractivity contribution in [3.63, 3.8) is 0 Å². The highest BCUT2D eigenvalue weighted by Crippen LogP contribution is 2.16. The molecule has 0 saturated carbocycles. The molecule has 6 nitrogen and oxygen atoms in total. The maximum atomic E-state index is 12.4. The summed E-state index contributed by atoms with van der Waals surface area (Å²) >= 11 is 0. The molecule has 2 rings (SSSR count). The number of ether oxygens (including phenoxy) is 1. The number of hydrogen-bond donors (Lipinski definition) is 2. The highest BCUT2D eigenvalue weighted by molar-refractivity contribution is 5.96. The smallest absolute Gasteiger partial charge is 0.248 e. The summed E-state index contributed by atoms with van der Waals surface area (Å²) in [5.74, 6) is 0.166. The van der Waals surface area contributed by atoms with E-state index in [1.807, 2.05) is 43.1 Å². The van der Waals surface area contributed by atoms with Crippen LogP contribution in [0.15, 0.2) is 48.5 Å². The van der Waals surface area contributed by atoms with Gasteiger partial charge in [-0.1, -0.05) is 12.1 Å². The minimum atomic E-state index is -0.496. The Morgan fingerprint density at radius 3 is 2.48 bits per heavy atom. The Balaban J connectivity index is 1.97. The Morgan fingerprint density at radius 1 is 1.20 bits per heavy atom. The molecule has 0 fully saturated rings. The first-order chi connectivity index (χ1) is 11.9. The fourth-order valence-corrected chi connectivity index (χ4v) is 2.36. The van der Waals surface area contributed by atoms with E-state index < -0.39 is 5.91 Å². The van der Waals surface area contributed by atoms with Gasteiger partial charge >= 0.3 is 0 Å². The normalized spacial score (nSPS) is 11.8. The molecule has 0 aromatic heterocycles. The van der Waals surface area contributed by atoms with E-state index in [0.717, 1.165) is 11.3 Å². The van der Waals surface area contributed by atoms with Crippen molar-refractivity contribution in [1.29, 1.82) is 0 Å². The van der Waals surface area contributed by atoms with Crippen LogP contribution in [0.1, 0.15) is 22.8 Å². The lowest BCUT2D eigenvalue weighted by Crippen LogP contribution is -2.39. The van der Waals surface area contributed by atoms with Gasteiger partial charge in [-0.15, -0.1) is 0 Å². The third-order valence-corrected chi connectivity index (χ3v) is 4.04. The molecule has 0 heterocycles. The zero-order valence-corrected chi connectivity index (χ0v) is 14.7. The quantitative estimate of drug-likeness (QED) is 0.809. The van der Waals surface area contributed by atoms with Crippen molar-refractivity contribution in [1.82, 2.24) is 4.90 Å². The van der Waals surface area contributed by atoms with Gasteiger partial charge < -0.3 is 15.8 Å². The zero-order valence-electron chi connectivity index (χ0n) is 14.7. The van der Waals surface area contributed by atoms with E-state index in [0.29, 0.717) is 17.8 Å². The number of primary amides is 1. The Bertz CT molecular complexity index is 744. The van der Waals surface area contributed by atoms with Crippen LogP contribution >= 0.6 is 0 Å². The number of likely N-dealkylation sites (N-methyl/N-ethyl adjacent to an activating group) is 1. The lowest BCUT2D eigenvalue weighted by atomic mass is 10.1. The summed E-state index contributed by atoms with van der Waals surface area (Å²) in [5, 5.41) is 2.84. The average Bonchev–Trinajstić information content (AvgIpc) is 2.61. The van der Waals surface area contributed by atoms with Crippen molar-refractivity contribution in [3.05, 3.63) is 59.7 Å². The molecular formula is C19H23N3O3. The number of carbonyl (C=O) groups excluding carboxylic acids is 2. The van der Waals surface area contributed by atoms with Gasteiger partial charge in [-0.3, -0.25) is 14.5 Å². The van der Waals surface area contributed by atoms with Crippen LogP contribution in [0, 0.1) is 0 Å². The van der Waals surface area contributed by atoms with Gasteiger partial charge in [0.25, 0.3) is 0 Å². The van der Waals surface area contributed by atoms with Crippen molar-refractivity contribution in [2.75, 3.05) is 19.5 Å². The topological polar surface area (TPSA) is 84.7 Å². The maximum Gasteiger partial charge on any atom is 0.248 e. The van der Waals surface area contributed by atoms with E-state index in [9.17, 15) is 9.59 Å². The molecule has 2 aromatic carbocycles. The monoisotopic (exact) mass is 341 g/mol. The molecule has 0 aliphatic heterocycles. The van der Waals surface area contributed by atoms with Gasteiger partial charge in [-0.25, -0.2) is 0 Å². The minimum absolute atomic E-state index is 0.128. The van der Waals surface area contributed by atoms with E-state index in [2.05, 4.69) is 5.32 Å². The second-order valence-corrected chi connectivity index (χ2v) is 5.87. The lowest BCUT2D eigenvalue weighted by Gasteiger charge is -2.24. The van der Waals surface area contributed by atoms with Gasteiger partial charge in [0, 0.05) is 17.8 Å². The first-order valence-electron chi connectivity index (χ1n) is 7.94. The summed E-state index contributed by atoms with van der Waals surface area (Å²) in [4.78, 5) is 25.4. The highest BCUT2D eigenvalue weighted by atomic mass is 16.5. The van der Waals surface area contributed by atoms with Crippen molar-refractivity contribution in [2.45, 2.75) is 19.5 Å². The van der Waals surface area contributed by atoms with Crippen molar-refractivity contribution in [2.24, 2.45) is 5.73 Å². The third-order valence-electron chi connectivity index (χ3n) is 4.04. The fraction of sp³-hybridized carbons (Fsp3) is 0.263. The molecule has 0 saturated heterocycles. The second kappa shape index (κ2) is 8.30. The predicted octanol–water partition coefficient (Wildman–Crippen LogP) is 2.25. The van der Waals surface area contributed by atoms with Gasteiger partial charge in [0.05, 0.1) is 13.2 Å². The number of benzene rings is 2. The molecule has 132 valence electrons. The first kappa shape index (κ1) is 18.5. The number of nitrogens with two attached hydrogens (primary N) is 1. The second-order valence-electron chi connectivity index (χ2n) is 5.87. The molecule has 25 heavy (non-hydrogen) atoms. The zero-order chi connectivity index (χ0) is 18.4. The Labute approximate surface area is 147 Å². The van der Waals surface area contributed by atoms with E-state index >= 15 is 0 Å². The van der Waals surface area contributed by atoms with Crippen LogP contribution < -0.4 is 15.8 Å². The summed E-state index contributed by atoms with van der Waals surface area (Å²) in [6, 6.07) is 13.9. The molecule has 1 atom stereocenters. The average molecular weight is 341 g/mol.